The number of nitrogens with two attached hydrogens (primary N) is 1. The zero-order chi connectivity index (χ0) is 48.7. The molecule has 5 amide bonds. The van der Waals surface area contributed by atoms with E-state index < -0.39 is 77.4 Å². The van der Waals surface area contributed by atoms with Crippen molar-refractivity contribution in [3.63, 3.8) is 0 Å². The van der Waals surface area contributed by atoms with Gasteiger partial charge >= 0.3 is 18.2 Å². The van der Waals surface area contributed by atoms with E-state index >= 15 is 0 Å². The summed E-state index contributed by atoms with van der Waals surface area (Å²) in [7, 11) is 0. The summed E-state index contributed by atoms with van der Waals surface area (Å²) in [4.78, 5) is 81.8. The number of primary amides is 1. The minimum absolute atomic E-state index is 0.0906. The number of rotatable bonds is 15. The van der Waals surface area contributed by atoms with Crippen LogP contribution >= 0.6 is 0 Å². The van der Waals surface area contributed by atoms with E-state index in [-0.39, 0.29) is 26.2 Å². The second-order valence-electron chi connectivity index (χ2n) is 18.8. The second-order valence-corrected chi connectivity index (χ2v) is 18.8. The first-order valence-electron chi connectivity index (χ1n) is 22.0. The summed E-state index contributed by atoms with van der Waals surface area (Å²) in [6, 6.07) is 25.7. The molecule has 3 atom stereocenters. The number of alkyl carbamates (subject to hydrolysis) is 1. The van der Waals surface area contributed by atoms with E-state index in [2.05, 4.69) is 16.0 Å². The van der Waals surface area contributed by atoms with Crippen LogP contribution in [0.5, 0.6) is 5.75 Å². The van der Waals surface area contributed by atoms with Crippen molar-refractivity contribution < 1.29 is 52.5 Å². The molecule has 6 rings (SSSR count). The first kappa shape index (κ1) is 49.2. The van der Waals surface area contributed by atoms with E-state index in [0.29, 0.717) is 44.8 Å². The number of carbonyl (C=O) groups excluding carboxylic acids is 6. The van der Waals surface area contributed by atoms with E-state index in [9.17, 15) is 28.8 Å². The highest BCUT2D eigenvalue weighted by molar-refractivity contribution is 6.33. The van der Waals surface area contributed by atoms with E-state index in [1.807, 2.05) is 42.5 Å². The number of fused-ring (bicyclic) bond motifs is 1. The van der Waals surface area contributed by atoms with Gasteiger partial charge in [-0.2, -0.15) is 0 Å². The number of hydrogen-bond acceptors (Lipinski definition) is 11. The van der Waals surface area contributed by atoms with Crippen LogP contribution in [-0.2, 0) is 57.8 Å². The maximum Gasteiger partial charge on any atom is 0.413 e. The van der Waals surface area contributed by atoms with E-state index in [0.717, 1.165) is 5.56 Å². The lowest BCUT2D eigenvalue weighted by Gasteiger charge is -2.34. The fraction of sp³-hybridized carbons (Fsp3) is 0.373. The van der Waals surface area contributed by atoms with Crippen molar-refractivity contribution in [2.45, 2.75) is 116 Å². The van der Waals surface area contributed by atoms with Crippen LogP contribution in [-0.4, -0.2) is 82.4 Å². The van der Waals surface area contributed by atoms with Gasteiger partial charge in [-0.1, -0.05) is 84.9 Å². The smallest absolute Gasteiger partial charge is 0.413 e. The van der Waals surface area contributed by atoms with Crippen molar-refractivity contribution >= 4 is 47.1 Å². The SMILES string of the molecule is CC(C)(C)OC(=O)[C@H](CC(N)=O)NC(=O)[C@H](Cc1ccc(OCc2ccccc2)c(-c2cccc3c2NC(=O)/C3=C/[C@H]2COC(C)(C)N2C(=O)OC(C)(C)C)c1)NC(=O)OCc1ccccc1. The Kier molecular flexibility index (Phi) is 15.1. The molecule has 5 N–H and O–H groups in total. The van der Waals surface area contributed by atoms with Gasteiger partial charge in [0.2, 0.25) is 11.8 Å². The Hall–Kier alpha value is -7.20. The minimum Gasteiger partial charge on any atom is -0.488 e. The molecule has 0 spiro atoms. The van der Waals surface area contributed by atoms with E-state index in [1.54, 1.807) is 116 Å². The number of anilines is 1. The number of hydrogen-bond donors (Lipinski definition) is 4. The molecule has 4 aromatic rings. The standard InChI is InChI=1S/C51H59N5O11/c1-49(2,3)66-46(60)40(27-42(52)57)53-45(59)39(54-47(61)64-29-32-18-13-10-14-19-32)25-33-22-23-41(63-28-31-16-11-9-12-17-31)37(24-33)35-20-15-21-36-38(44(58)55-43(35)36)26-34-30-65-51(7,8)56(34)48(62)67-50(4,5)6/h9-24,26,34,39-40H,25,27-30H2,1-8H3,(H2,52,57)(H,53,59)(H,54,61)(H,55,58)/b38-26+/t34-,39-,40-/m0/s1. The lowest BCUT2D eigenvalue weighted by molar-refractivity contribution is -0.159. The van der Waals surface area contributed by atoms with Gasteiger partial charge in [0.25, 0.3) is 5.91 Å². The molecule has 0 bridgehead atoms. The summed E-state index contributed by atoms with van der Waals surface area (Å²) in [6.45, 7) is 14.0. The number of ether oxygens (including phenoxy) is 5. The number of para-hydroxylation sites is 1. The lowest BCUT2D eigenvalue weighted by Crippen LogP contribution is -2.54. The third kappa shape index (κ3) is 13.2. The molecule has 354 valence electrons. The second kappa shape index (κ2) is 20.5. The Labute approximate surface area is 390 Å². The van der Waals surface area contributed by atoms with Crippen LogP contribution in [0.15, 0.2) is 103 Å². The van der Waals surface area contributed by atoms with Gasteiger partial charge < -0.3 is 45.4 Å². The Bertz CT molecular complexity index is 2510. The average molecular weight is 918 g/mol. The summed E-state index contributed by atoms with van der Waals surface area (Å²) in [5.41, 5.74) is 7.37. The van der Waals surface area contributed by atoms with Crippen molar-refractivity contribution in [1.82, 2.24) is 15.5 Å². The monoisotopic (exact) mass is 917 g/mol. The molecule has 67 heavy (non-hydrogen) atoms. The van der Waals surface area contributed by atoms with Crippen molar-refractivity contribution in [3.05, 3.63) is 125 Å². The van der Waals surface area contributed by atoms with Gasteiger partial charge in [-0.25, -0.2) is 14.4 Å². The van der Waals surface area contributed by atoms with Crippen molar-refractivity contribution in [2.75, 3.05) is 11.9 Å². The van der Waals surface area contributed by atoms with Crippen LogP contribution in [0.4, 0.5) is 15.3 Å². The lowest BCUT2D eigenvalue weighted by atomic mass is 9.94. The fourth-order valence-electron chi connectivity index (χ4n) is 7.59. The molecular weight excluding hydrogens is 859 g/mol. The normalized spacial score (nSPS) is 16.8. The Morgan fingerprint density at radius 1 is 0.791 bits per heavy atom. The third-order valence-corrected chi connectivity index (χ3v) is 10.6. The fourth-order valence-corrected chi connectivity index (χ4v) is 7.59. The maximum absolute atomic E-state index is 14.2. The summed E-state index contributed by atoms with van der Waals surface area (Å²) in [5.74, 6) is -2.52. The van der Waals surface area contributed by atoms with Crippen LogP contribution < -0.4 is 26.4 Å². The van der Waals surface area contributed by atoms with Crippen LogP contribution in [0.2, 0.25) is 0 Å². The Morgan fingerprint density at radius 3 is 2.04 bits per heavy atom. The highest BCUT2D eigenvalue weighted by Gasteiger charge is 2.46. The van der Waals surface area contributed by atoms with Crippen LogP contribution in [0.1, 0.15) is 84.1 Å². The van der Waals surface area contributed by atoms with Crippen molar-refractivity contribution in [1.29, 1.82) is 0 Å². The van der Waals surface area contributed by atoms with Gasteiger partial charge in [0.1, 0.15) is 48.0 Å². The topological polar surface area (TPSA) is 214 Å². The molecular formula is C51H59N5O11. The summed E-state index contributed by atoms with van der Waals surface area (Å²) >= 11 is 0. The molecule has 0 radical (unpaired) electrons. The van der Waals surface area contributed by atoms with Crippen LogP contribution in [0, 0.1) is 0 Å². The maximum atomic E-state index is 14.2. The molecule has 0 aliphatic carbocycles. The van der Waals surface area contributed by atoms with Gasteiger partial charge in [0, 0.05) is 28.7 Å². The molecule has 1 fully saturated rings. The number of carbonyl (C=O) groups is 6. The molecule has 0 saturated carbocycles. The Balaban J connectivity index is 1.37. The van der Waals surface area contributed by atoms with Gasteiger partial charge in [-0.15, -0.1) is 0 Å². The predicted octanol–water partition coefficient (Wildman–Crippen LogP) is 7.18. The predicted molar refractivity (Wildman–Crippen MR) is 250 cm³/mol. The molecule has 2 heterocycles. The summed E-state index contributed by atoms with van der Waals surface area (Å²) in [5, 5.41) is 8.23. The zero-order valence-corrected chi connectivity index (χ0v) is 39.1. The highest BCUT2D eigenvalue weighted by atomic mass is 16.6. The quantitative estimate of drug-likeness (QED) is 0.0533. The molecule has 16 heteroatoms. The Morgan fingerprint density at radius 2 is 1.42 bits per heavy atom. The zero-order valence-electron chi connectivity index (χ0n) is 39.1. The molecule has 2 aliphatic rings. The van der Waals surface area contributed by atoms with Gasteiger partial charge in [-0.05, 0) is 90.3 Å². The molecule has 16 nitrogen and oxygen atoms in total. The number of esters is 1. The summed E-state index contributed by atoms with van der Waals surface area (Å²) < 4.78 is 29.2. The first-order chi connectivity index (χ1) is 31.6. The number of nitrogens with one attached hydrogen (secondary N) is 3. The third-order valence-electron chi connectivity index (χ3n) is 10.6. The minimum atomic E-state index is -1.46. The van der Waals surface area contributed by atoms with Crippen molar-refractivity contribution in [2.24, 2.45) is 5.73 Å². The van der Waals surface area contributed by atoms with E-state index in [4.69, 9.17) is 29.4 Å². The average Bonchev–Trinajstić information content (AvgIpc) is 3.74. The molecule has 2 aliphatic heterocycles. The van der Waals surface area contributed by atoms with Crippen molar-refractivity contribution in [3.8, 4) is 16.9 Å². The number of nitrogens with zero attached hydrogens (tertiary/aromatic N) is 1. The van der Waals surface area contributed by atoms with Gasteiger partial charge in [0.05, 0.1) is 24.8 Å². The molecule has 1 saturated heterocycles. The van der Waals surface area contributed by atoms with Gasteiger partial charge in [-0.3, -0.25) is 19.3 Å². The van der Waals surface area contributed by atoms with Crippen LogP contribution in [0.3, 0.4) is 0 Å². The van der Waals surface area contributed by atoms with Crippen LogP contribution in [0.25, 0.3) is 16.7 Å². The first-order valence-corrected chi connectivity index (χ1v) is 22.0. The number of amides is 5. The highest BCUT2D eigenvalue weighted by Crippen LogP contribution is 2.44. The largest absolute Gasteiger partial charge is 0.488 e. The number of benzene rings is 4. The van der Waals surface area contributed by atoms with E-state index in [1.165, 1.54) is 4.90 Å². The molecule has 0 aromatic heterocycles. The van der Waals surface area contributed by atoms with Gasteiger partial charge in [0.15, 0.2) is 0 Å². The molecule has 0 unspecified atom stereocenters. The molecule has 4 aromatic carbocycles. The summed E-state index contributed by atoms with van der Waals surface area (Å²) in [6.07, 6.45) is -0.489.